The highest BCUT2D eigenvalue weighted by atomic mass is 16.5. The molecule has 0 bridgehead atoms. The molecule has 0 aliphatic rings. The Labute approximate surface area is 136 Å². The number of benzene rings is 2. The summed E-state index contributed by atoms with van der Waals surface area (Å²) in [5, 5.41) is 4.86. The van der Waals surface area contributed by atoms with Crippen LogP contribution in [-0.2, 0) is 9.53 Å². The SMILES string of the molecule is COC(=O)[C@@H](CC(C)(C)C)NC(=O)c1ccc2ccccc2c1. The number of esters is 1. The number of methoxy groups -OCH3 is 1. The van der Waals surface area contributed by atoms with E-state index in [4.69, 9.17) is 4.74 Å². The van der Waals surface area contributed by atoms with Gasteiger partial charge in [0.05, 0.1) is 7.11 Å². The highest BCUT2D eigenvalue weighted by molar-refractivity contribution is 6.00. The molecule has 4 nitrogen and oxygen atoms in total. The zero-order valence-electron chi connectivity index (χ0n) is 14.1. The smallest absolute Gasteiger partial charge is 0.328 e. The van der Waals surface area contributed by atoms with Gasteiger partial charge < -0.3 is 10.1 Å². The molecule has 1 amide bonds. The number of carbonyl (C=O) groups excluding carboxylic acids is 2. The molecule has 4 heteroatoms. The molecule has 1 N–H and O–H groups in total. The molecule has 122 valence electrons. The molecule has 0 aliphatic carbocycles. The van der Waals surface area contributed by atoms with Crippen LogP contribution < -0.4 is 5.32 Å². The Morgan fingerprint density at radius 1 is 1.09 bits per heavy atom. The molecule has 23 heavy (non-hydrogen) atoms. The molecule has 0 saturated carbocycles. The maximum Gasteiger partial charge on any atom is 0.328 e. The third-order valence-corrected chi connectivity index (χ3v) is 3.62. The quantitative estimate of drug-likeness (QED) is 0.878. The maximum atomic E-state index is 12.5. The van der Waals surface area contributed by atoms with E-state index in [1.54, 1.807) is 6.07 Å². The molecule has 0 aliphatic heterocycles. The molecule has 0 fully saturated rings. The average Bonchev–Trinajstić information content (AvgIpc) is 2.51. The number of hydrogen-bond acceptors (Lipinski definition) is 3. The number of rotatable bonds is 4. The third kappa shape index (κ3) is 4.55. The molecular formula is C19H23NO3. The number of nitrogens with one attached hydrogen (secondary N) is 1. The minimum absolute atomic E-state index is 0.102. The standard InChI is InChI=1S/C19H23NO3/c1-19(2,3)12-16(18(22)23-4)20-17(21)15-10-9-13-7-5-6-8-14(13)11-15/h5-11,16H,12H2,1-4H3,(H,20,21)/t16-/m1/s1. The lowest BCUT2D eigenvalue weighted by atomic mass is 9.88. The van der Waals surface area contributed by atoms with Gasteiger partial charge in [0, 0.05) is 5.56 Å². The van der Waals surface area contributed by atoms with Crippen molar-refractivity contribution in [2.24, 2.45) is 5.41 Å². The normalized spacial score (nSPS) is 12.7. The first-order valence-electron chi connectivity index (χ1n) is 7.68. The molecule has 0 radical (unpaired) electrons. The lowest BCUT2D eigenvalue weighted by molar-refractivity contribution is -0.143. The first kappa shape index (κ1) is 17.0. The highest BCUT2D eigenvalue weighted by Gasteiger charge is 2.27. The van der Waals surface area contributed by atoms with Gasteiger partial charge in [-0.05, 0) is 34.7 Å². The van der Waals surface area contributed by atoms with Gasteiger partial charge >= 0.3 is 5.97 Å². The fraction of sp³-hybridized carbons (Fsp3) is 0.368. The molecule has 0 spiro atoms. The monoisotopic (exact) mass is 313 g/mol. The van der Waals surface area contributed by atoms with E-state index in [0.29, 0.717) is 12.0 Å². The Morgan fingerprint density at radius 2 is 1.74 bits per heavy atom. The van der Waals surface area contributed by atoms with Gasteiger partial charge in [-0.1, -0.05) is 51.1 Å². The zero-order chi connectivity index (χ0) is 17.0. The van der Waals surface area contributed by atoms with Crippen molar-refractivity contribution in [3.63, 3.8) is 0 Å². The molecule has 0 heterocycles. The van der Waals surface area contributed by atoms with Crippen molar-refractivity contribution in [1.29, 1.82) is 0 Å². The van der Waals surface area contributed by atoms with E-state index in [1.165, 1.54) is 7.11 Å². The van der Waals surface area contributed by atoms with Crippen LogP contribution in [0.4, 0.5) is 0 Å². The van der Waals surface area contributed by atoms with Crippen molar-refractivity contribution in [3.05, 3.63) is 48.0 Å². The first-order valence-corrected chi connectivity index (χ1v) is 7.68. The Bertz CT molecular complexity index is 716. The van der Waals surface area contributed by atoms with Gasteiger partial charge in [0.25, 0.3) is 5.91 Å². The average molecular weight is 313 g/mol. The molecule has 0 unspecified atom stereocenters. The van der Waals surface area contributed by atoms with E-state index < -0.39 is 12.0 Å². The second-order valence-electron chi connectivity index (χ2n) is 6.88. The van der Waals surface area contributed by atoms with Gasteiger partial charge in [0.1, 0.15) is 6.04 Å². The van der Waals surface area contributed by atoms with E-state index in [2.05, 4.69) is 5.32 Å². The van der Waals surface area contributed by atoms with Gasteiger partial charge in [0.2, 0.25) is 0 Å². The van der Waals surface area contributed by atoms with E-state index in [-0.39, 0.29) is 11.3 Å². The van der Waals surface area contributed by atoms with E-state index in [1.807, 2.05) is 57.2 Å². The van der Waals surface area contributed by atoms with Crippen LogP contribution >= 0.6 is 0 Å². The minimum atomic E-state index is -0.654. The van der Waals surface area contributed by atoms with Crippen molar-refractivity contribution in [2.45, 2.75) is 33.2 Å². The fourth-order valence-electron chi connectivity index (χ4n) is 2.52. The summed E-state index contributed by atoms with van der Waals surface area (Å²) in [7, 11) is 1.33. The summed E-state index contributed by atoms with van der Waals surface area (Å²) < 4.78 is 4.81. The van der Waals surface area contributed by atoms with Crippen molar-refractivity contribution < 1.29 is 14.3 Å². The number of amides is 1. The maximum absolute atomic E-state index is 12.5. The van der Waals surface area contributed by atoms with Crippen LogP contribution in [0.2, 0.25) is 0 Å². The Morgan fingerprint density at radius 3 is 2.35 bits per heavy atom. The predicted octanol–water partition coefficient (Wildman–Crippen LogP) is 3.55. The van der Waals surface area contributed by atoms with E-state index in [9.17, 15) is 9.59 Å². The summed E-state index contributed by atoms with van der Waals surface area (Å²) in [4.78, 5) is 24.4. The Balaban J connectivity index is 2.20. The fourth-order valence-corrected chi connectivity index (χ4v) is 2.52. The molecule has 0 saturated heterocycles. The first-order chi connectivity index (χ1) is 10.8. The largest absolute Gasteiger partial charge is 0.467 e. The molecular weight excluding hydrogens is 290 g/mol. The van der Waals surface area contributed by atoms with Crippen LogP contribution in [0.1, 0.15) is 37.6 Å². The summed E-state index contributed by atoms with van der Waals surface area (Å²) in [6, 6.07) is 12.7. The minimum Gasteiger partial charge on any atom is -0.467 e. The van der Waals surface area contributed by atoms with Crippen molar-refractivity contribution >= 4 is 22.6 Å². The summed E-state index contributed by atoms with van der Waals surface area (Å²) in [5.41, 5.74) is 0.432. The van der Waals surface area contributed by atoms with Crippen LogP contribution in [0.25, 0.3) is 10.8 Å². The predicted molar refractivity (Wildman–Crippen MR) is 91.3 cm³/mol. The van der Waals surface area contributed by atoms with E-state index in [0.717, 1.165) is 10.8 Å². The summed E-state index contributed by atoms with van der Waals surface area (Å²) in [6.45, 7) is 6.06. The summed E-state index contributed by atoms with van der Waals surface area (Å²) in [5.74, 6) is -0.690. The van der Waals surface area contributed by atoms with Crippen LogP contribution in [0, 0.1) is 5.41 Å². The number of ether oxygens (including phenoxy) is 1. The molecule has 2 aromatic rings. The number of hydrogen-bond donors (Lipinski definition) is 1. The Kier molecular flexibility index (Phi) is 5.04. The van der Waals surface area contributed by atoms with Crippen molar-refractivity contribution in [2.75, 3.05) is 7.11 Å². The summed E-state index contributed by atoms with van der Waals surface area (Å²) >= 11 is 0. The van der Waals surface area contributed by atoms with Gasteiger partial charge in [0.15, 0.2) is 0 Å². The Hall–Kier alpha value is -2.36. The van der Waals surface area contributed by atoms with Gasteiger partial charge in [-0.15, -0.1) is 0 Å². The second-order valence-corrected chi connectivity index (χ2v) is 6.88. The molecule has 0 aromatic heterocycles. The topological polar surface area (TPSA) is 55.4 Å². The zero-order valence-corrected chi connectivity index (χ0v) is 14.1. The molecule has 2 rings (SSSR count). The van der Waals surface area contributed by atoms with Crippen molar-refractivity contribution in [1.82, 2.24) is 5.32 Å². The molecule has 1 atom stereocenters. The van der Waals surface area contributed by atoms with E-state index >= 15 is 0 Å². The van der Waals surface area contributed by atoms with Crippen LogP contribution in [-0.4, -0.2) is 25.0 Å². The highest BCUT2D eigenvalue weighted by Crippen LogP contribution is 2.22. The van der Waals surface area contributed by atoms with Gasteiger partial charge in [-0.25, -0.2) is 4.79 Å². The second kappa shape index (κ2) is 6.82. The lowest BCUT2D eigenvalue weighted by Gasteiger charge is -2.25. The number of carbonyl (C=O) groups is 2. The van der Waals surface area contributed by atoms with Crippen LogP contribution in [0.3, 0.4) is 0 Å². The van der Waals surface area contributed by atoms with Gasteiger partial charge in [-0.3, -0.25) is 4.79 Å². The van der Waals surface area contributed by atoms with Crippen LogP contribution in [0.5, 0.6) is 0 Å². The summed E-state index contributed by atoms with van der Waals surface area (Å²) in [6.07, 6.45) is 0.513. The van der Waals surface area contributed by atoms with Crippen molar-refractivity contribution in [3.8, 4) is 0 Å². The van der Waals surface area contributed by atoms with Crippen LogP contribution in [0.15, 0.2) is 42.5 Å². The van der Waals surface area contributed by atoms with Gasteiger partial charge in [-0.2, -0.15) is 0 Å². The number of fused-ring (bicyclic) bond motifs is 1. The lowest BCUT2D eigenvalue weighted by Crippen LogP contribution is -2.43. The third-order valence-electron chi connectivity index (χ3n) is 3.62. The molecule has 2 aromatic carbocycles.